The first kappa shape index (κ1) is 29.8. The normalized spacial score (nSPS) is 10.7. The summed E-state index contributed by atoms with van der Waals surface area (Å²) in [7, 11) is 0. The molecule has 0 saturated heterocycles. The van der Waals surface area contributed by atoms with Gasteiger partial charge in [0.05, 0.1) is 6.54 Å². The Balaban J connectivity index is 0.000000178. The third kappa shape index (κ3) is 6.77. The van der Waals surface area contributed by atoms with Gasteiger partial charge < -0.3 is 9.79 Å². The van der Waals surface area contributed by atoms with Gasteiger partial charge in [0.1, 0.15) is 29.3 Å². The quantitative estimate of drug-likeness (QED) is 0.147. The zero-order chi connectivity index (χ0) is 31.9. The number of para-hydroxylation sites is 2. The number of carbonyl (C=O) groups excluding carboxylic acids is 1. The minimum Gasteiger partial charge on any atom is -0.337 e. The van der Waals surface area contributed by atoms with Gasteiger partial charge in [0.25, 0.3) is 0 Å². The Labute approximate surface area is 264 Å². The lowest BCUT2D eigenvalue weighted by Crippen LogP contribution is -2.27. The molecule has 0 unspecified atom stereocenters. The molecule has 46 heavy (non-hydrogen) atoms. The molecule has 3 heterocycles. The molecule has 0 aliphatic carbocycles. The van der Waals surface area contributed by atoms with Crippen molar-refractivity contribution < 1.29 is 14.6 Å². The van der Waals surface area contributed by atoms with E-state index in [2.05, 4.69) is 31.6 Å². The summed E-state index contributed by atoms with van der Waals surface area (Å²) < 4.78 is 1.74. The predicted octanol–water partition coefficient (Wildman–Crippen LogP) is 6.53. The second-order valence-electron chi connectivity index (χ2n) is 10.5. The van der Waals surface area contributed by atoms with Crippen LogP contribution in [0.2, 0.25) is 0 Å². The van der Waals surface area contributed by atoms with E-state index in [9.17, 15) is 10.1 Å². The number of aromatic amines is 2. The van der Waals surface area contributed by atoms with Crippen molar-refractivity contribution in [3.8, 4) is 23.2 Å². The predicted molar refractivity (Wildman–Crippen MR) is 173 cm³/mol. The number of fused-ring (bicyclic) bond motifs is 2. The number of nitrogens with one attached hydrogen (secondary N) is 2. The van der Waals surface area contributed by atoms with Crippen LogP contribution in [0.3, 0.4) is 0 Å². The second-order valence-corrected chi connectivity index (χ2v) is 10.5. The monoisotopic (exact) mass is 610 g/mol. The summed E-state index contributed by atoms with van der Waals surface area (Å²) >= 11 is 0. The minimum atomic E-state index is -0.0849. The Morgan fingerprint density at radius 2 is 1.65 bits per heavy atom. The maximum Gasteiger partial charge on any atom is 0.224 e. The second kappa shape index (κ2) is 13.6. The molecule has 0 fully saturated rings. The Kier molecular flexibility index (Phi) is 8.80. The van der Waals surface area contributed by atoms with Crippen LogP contribution in [-0.2, 0) is 22.8 Å². The zero-order valence-corrected chi connectivity index (χ0v) is 25.2. The van der Waals surface area contributed by atoms with E-state index in [1.54, 1.807) is 9.42 Å². The smallest absolute Gasteiger partial charge is 0.224 e. The number of nitrogens with zero attached hydrogens (tertiary/aromatic N) is 6. The van der Waals surface area contributed by atoms with Crippen molar-refractivity contribution in [1.82, 2.24) is 30.0 Å². The molecule has 0 atom stereocenters. The molecule has 7 rings (SSSR count). The first-order valence-electron chi connectivity index (χ1n) is 14.5. The van der Waals surface area contributed by atoms with Gasteiger partial charge in [-0.25, -0.2) is 9.50 Å². The van der Waals surface area contributed by atoms with Gasteiger partial charge in [0.15, 0.2) is 17.2 Å². The van der Waals surface area contributed by atoms with Crippen molar-refractivity contribution in [2.24, 2.45) is 0 Å². The molecule has 0 radical (unpaired) electrons. The number of carbonyl (C=O) groups is 1. The largest absolute Gasteiger partial charge is 0.337 e. The molecule has 7 aromatic rings. The van der Waals surface area contributed by atoms with Gasteiger partial charge in [0.2, 0.25) is 5.91 Å². The summed E-state index contributed by atoms with van der Waals surface area (Å²) in [5.41, 5.74) is 7.33. The molecular weight excluding hydrogens is 580 g/mol. The fraction of sp³-hybridized carbons (Fsp3) is 0.114. The molecule has 0 saturated carbocycles. The fourth-order valence-corrected chi connectivity index (χ4v) is 4.85. The van der Waals surface area contributed by atoms with Gasteiger partial charge >= 0.3 is 0 Å². The molecule has 2 N–H and O–H groups in total. The standard InChI is InChI=1S/C22H19N5O.C13H11N3O2/c1-15-8-10-17(11-9-15)21-24-22-20(12-23)18(14-27(22)25-21)13-26(16(2)28)19-6-4-3-5-7-19;1-2-4-11(5-3-1)18-17-9-10-6-7-12-13(8-10)15-16-14-12/h3-11,14H,13H2,1-2H3,(H,24,25);1-8H,9H2,(H,14,15,16). The van der Waals surface area contributed by atoms with Crippen LogP contribution in [0.1, 0.15) is 29.2 Å². The average molecular weight is 611 g/mol. The van der Waals surface area contributed by atoms with E-state index in [0.717, 1.165) is 33.4 Å². The van der Waals surface area contributed by atoms with E-state index in [1.807, 2.05) is 116 Å². The van der Waals surface area contributed by atoms with Crippen molar-refractivity contribution in [2.45, 2.75) is 27.0 Å². The molecule has 11 nitrogen and oxygen atoms in total. The molecule has 1 amide bonds. The number of hydrogen-bond donors (Lipinski definition) is 2. The summed E-state index contributed by atoms with van der Waals surface area (Å²) in [5.74, 6) is 1.29. The summed E-state index contributed by atoms with van der Waals surface area (Å²) in [6, 6.07) is 34.8. The van der Waals surface area contributed by atoms with Crippen LogP contribution in [0.4, 0.5) is 5.69 Å². The minimum absolute atomic E-state index is 0.0849. The van der Waals surface area contributed by atoms with E-state index in [-0.39, 0.29) is 5.91 Å². The summed E-state index contributed by atoms with van der Waals surface area (Å²) in [6.45, 7) is 4.22. The molecular formula is C35H30N8O3. The van der Waals surface area contributed by atoms with Crippen LogP contribution in [0.25, 0.3) is 28.1 Å². The molecule has 3 aromatic heterocycles. The zero-order valence-electron chi connectivity index (χ0n) is 25.2. The number of anilines is 1. The van der Waals surface area contributed by atoms with Crippen LogP contribution in [0, 0.1) is 18.3 Å². The Hall–Kier alpha value is -6.25. The van der Waals surface area contributed by atoms with Crippen LogP contribution in [0.15, 0.2) is 109 Å². The van der Waals surface area contributed by atoms with E-state index < -0.39 is 0 Å². The van der Waals surface area contributed by atoms with Crippen LogP contribution >= 0.6 is 0 Å². The number of benzene rings is 4. The lowest BCUT2D eigenvalue weighted by atomic mass is 10.1. The van der Waals surface area contributed by atoms with Crippen molar-refractivity contribution in [1.29, 1.82) is 5.26 Å². The van der Waals surface area contributed by atoms with Crippen molar-refractivity contribution in [3.63, 3.8) is 0 Å². The summed E-state index contributed by atoms with van der Waals surface area (Å²) in [6.07, 6.45) is 1.83. The number of nitriles is 1. The summed E-state index contributed by atoms with van der Waals surface area (Å²) in [5, 5.41) is 23.5. The van der Waals surface area contributed by atoms with Gasteiger partial charge in [-0.05, 0) is 48.9 Å². The van der Waals surface area contributed by atoms with Gasteiger partial charge in [-0.3, -0.25) is 9.89 Å². The third-order valence-electron chi connectivity index (χ3n) is 7.22. The lowest BCUT2D eigenvalue weighted by Gasteiger charge is -2.20. The Bertz CT molecular complexity index is 2110. The van der Waals surface area contributed by atoms with Gasteiger partial charge in [-0.15, -0.1) is 0 Å². The van der Waals surface area contributed by atoms with Gasteiger partial charge in [0, 0.05) is 29.9 Å². The van der Waals surface area contributed by atoms with Crippen LogP contribution in [0.5, 0.6) is 5.75 Å². The van der Waals surface area contributed by atoms with Crippen molar-refractivity contribution in [3.05, 3.63) is 132 Å². The highest BCUT2D eigenvalue weighted by atomic mass is 17.2. The number of hydrogen-bond acceptors (Lipinski definition) is 7. The highest BCUT2D eigenvalue weighted by molar-refractivity contribution is 5.91. The first-order chi connectivity index (χ1) is 22.5. The lowest BCUT2D eigenvalue weighted by molar-refractivity contribution is -0.217. The van der Waals surface area contributed by atoms with Crippen LogP contribution in [-0.4, -0.2) is 35.9 Å². The Morgan fingerprint density at radius 1 is 0.935 bits per heavy atom. The topological polar surface area (TPSA) is 137 Å². The highest BCUT2D eigenvalue weighted by Gasteiger charge is 2.20. The Morgan fingerprint density at radius 3 is 2.37 bits per heavy atom. The molecule has 4 aromatic carbocycles. The van der Waals surface area contributed by atoms with Crippen LogP contribution < -0.4 is 9.79 Å². The maximum atomic E-state index is 12.2. The van der Waals surface area contributed by atoms with Crippen molar-refractivity contribution in [2.75, 3.05) is 4.90 Å². The SMILES string of the molecule is CC(=O)N(Cc1cn2[nH]c(-c3ccc(C)cc3)nc2c1C#N)c1ccccc1.c1ccc(OOCc2ccc3n[nH]nc3c2)cc1. The third-order valence-corrected chi connectivity index (χ3v) is 7.22. The van der Waals surface area contributed by atoms with Gasteiger partial charge in [-0.1, -0.05) is 72.3 Å². The molecule has 11 heteroatoms. The van der Waals surface area contributed by atoms with Crippen molar-refractivity contribution >= 4 is 28.3 Å². The first-order valence-corrected chi connectivity index (χ1v) is 14.5. The molecule has 0 aliphatic heterocycles. The van der Waals surface area contributed by atoms with E-state index in [4.69, 9.17) is 9.78 Å². The highest BCUT2D eigenvalue weighted by Crippen LogP contribution is 2.25. The van der Waals surface area contributed by atoms with E-state index >= 15 is 0 Å². The number of amides is 1. The average Bonchev–Trinajstić information content (AvgIpc) is 3.80. The maximum absolute atomic E-state index is 12.2. The fourth-order valence-electron chi connectivity index (χ4n) is 4.85. The number of aromatic nitrogens is 6. The molecule has 0 aliphatic rings. The number of H-pyrrole nitrogens is 2. The molecule has 228 valence electrons. The summed E-state index contributed by atoms with van der Waals surface area (Å²) in [4.78, 5) is 28.8. The molecule has 0 bridgehead atoms. The number of aryl methyl sites for hydroxylation is 1. The van der Waals surface area contributed by atoms with Gasteiger partial charge in [-0.2, -0.15) is 25.6 Å². The molecule has 0 spiro atoms. The van der Waals surface area contributed by atoms with E-state index in [1.165, 1.54) is 12.5 Å². The van der Waals surface area contributed by atoms with E-state index in [0.29, 0.717) is 35.9 Å². The number of rotatable bonds is 8.